The van der Waals surface area contributed by atoms with E-state index in [-0.39, 0.29) is 24.2 Å². The first-order valence-electron chi connectivity index (χ1n) is 12.5. The second-order valence-corrected chi connectivity index (χ2v) is 11.9. The summed E-state index contributed by atoms with van der Waals surface area (Å²) in [6.45, 7) is 3.04. The molecule has 0 aromatic heterocycles. The van der Waals surface area contributed by atoms with Crippen LogP contribution in [-0.2, 0) is 26.2 Å². The fourth-order valence-electron chi connectivity index (χ4n) is 4.55. The highest BCUT2D eigenvalue weighted by Gasteiger charge is 2.32. The number of benzene rings is 2. The Bertz CT molecular complexity index is 1210. The molecule has 1 saturated carbocycles. The van der Waals surface area contributed by atoms with Gasteiger partial charge in [-0.2, -0.15) is 0 Å². The largest absolute Gasteiger partial charge is 0.495 e. The number of ether oxygens (including phenoxy) is 1. The highest BCUT2D eigenvalue weighted by molar-refractivity contribution is 7.92. The third-order valence-corrected chi connectivity index (χ3v) is 8.19. The van der Waals surface area contributed by atoms with E-state index in [2.05, 4.69) is 5.32 Å². The summed E-state index contributed by atoms with van der Waals surface area (Å²) < 4.78 is 32.1. The normalized spacial score (nSPS) is 15.1. The Kier molecular flexibility index (Phi) is 9.84. The number of hydrogen-bond acceptors (Lipinski definition) is 5. The number of amides is 2. The van der Waals surface area contributed by atoms with E-state index < -0.39 is 28.5 Å². The molecule has 0 spiro atoms. The monoisotopic (exact) mass is 549 g/mol. The van der Waals surface area contributed by atoms with Crippen molar-refractivity contribution >= 4 is 39.1 Å². The van der Waals surface area contributed by atoms with Crippen LogP contribution in [0.25, 0.3) is 0 Å². The number of rotatable bonds is 10. The lowest BCUT2D eigenvalue weighted by molar-refractivity contribution is -0.139. The molecule has 0 heterocycles. The van der Waals surface area contributed by atoms with Crippen molar-refractivity contribution < 1.29 is 22.7 Å². The molecule has 1 fully saturated rings. The lowest BCUT2D eigenvalue weighted by Crippen LogP contribution is -2.53. The molecule has 1 aliphatic rings. The quantitative estimate of drug-likeness (QED) is 0.477. The summed E-state index contributed by atoms with van der Waals surface area (Å²) >= 11 is 6.38. The van der Waals surface area contributed by atoms with E-state index in [4.69, 9.17) is 16.3 Å². The third kappa shape index (κ3) is 7.61. The van der Waals surface area contributed by atoms with Crippen molar-refractivity contribution in [1.29, 1.82) is 0 Å². The minimum absolute atomic E-state index is 0.0559. The zero-order chi connectivity index (χ0) is 27.2. The number of hydrogen-bond donors (Lipinski definition) is 1. The van der Waals surface area contributed by atoms with Crippen LogP contribution in [0.15, 0.2) is 42.5 Å². The van der Waals surface area contributed by atoms with Gasteiger partial charge in [0.05, 0.1) is 19.1 Å². The first kappa shape index (κ1) is 28.8. The zero-order valence-corrected chi connectivity index (χ0v) is 23.4. The van der Waals surface area contributed by atoms with Crippen LogP contribution in [-0.4, -0.2) is 57.1 Å². The molecule has 2 amide bonds. The highest BCUT2D eigenvalue weighted by atomic mass is 35.5. The van der Waals surface area contributed by atoms with Gasteiger partial charge in [0.2, 0.25) is 21.8 Å². The molecule has 202 valence electrons. The average Bonchev–Trinajstić information content (AvgIpc) is 2.86. The lowest BCUT2D eigenvalue weighted by Gasteiger charge is -2.33. The number of nitrogens with one attached hydrogen (secondary N) is 1. The minimum atomic E-state index is -3.87. The molecule has 0 bridgehead atoms. The van der Waals surface area contributed by atoms with E-state index in [1.165, 1.54) is 12.0 Å². The van der Waals surface area contributed by atoms with Crippen molar-refractivity contribution in [2.45, 2.75) is 64.6 Å². The number of carbonyl (C=O) groups excluding carboxylic acids is 2. The van der Waals surface area contributed by atoms with Crippen LogP contribution in [0.5, 0.6) is 5.75 Å². The maximum Gasteiger partial charge on any atom is 0.244 e. The summed E-state index contributed by atoms with van der Waals surface area (Å²) in [4.78, 5) is 28.4. The van der Waals surface area contributed by atoms with Gasteiger partial charge in [0.1, 0.15) is 18.3 Å². The number of methoxy groups -OCH3 is 1. The summed E-state index contributed by atoms with van der Waals surface area (Å²) in [5, 5.41) is 3.54. The zero-order valence-electron chi connectivity index (χ0n) is 21.9. The van der Waals surface area contributed by atoms with Crippen molar-refractivity contribution in [3.05, 3.63) is 58.6 Å². The molecule has 0 aliphatic heterocycles. The summed E-state index contributed by atoms with van der Waals surface area (Å²) in [7, 11) is -2.42. The molecule has 10 heteroatoms. The van der Waals surface area contributed by atoms with Crippen LogP contribution in [0.1, 0.15) is 50.2 Å². The van der Waals surface area contributed by atoms with Crippen LogP contribution in [0.4, 0.5) is 5.69 Å². The predicted octanol–water partition coefficient (Wildman–Crippen LogP) is 4.29. The SMILES string of the molecule is COc1ccc(C)cc1N(CC(=O)N(Cc1ccccc1Cl)C(C)C(=O)NC1CCCCC1)S(C)(=O)=O. The summed E-state index contributed by atoms with van der Waals surface area (Å²) in [5.74, 6) is -0.476. The van der Waals surface area contributed by atoms with Gasteiger partial charge in [0.15, 0.2) is 0 Å². The Morgan fingerprint density at radius 3 is 2.43 bits per heavy atom. The number of halogens is 1. The second kappa shape index (κ2) is 12.6. The standard InChI is InChI=1S/C27H36ClN3O5S/c1-19-14-15-25(36-3)24(16-19)31(37(4,34)35)18-26(32)30(17-21-10-8-9-13-23(21)28)20(2)27(33)29-22-11-6-5-7-12-22/h8-10,13-16,20,22H,5-7,11-12,17-18H2,1-4H3,(H,29,33). The maximum atomic E-state index is 13.8. The van der Waals surface area contributed by atoms with Gasteiger partial charge >= 0.3 is 0 Å². The van der Waals surface area contributed by atoms with Gasteiger partial charge in [0.25, 0.3) is 0 Å². The van der Waals surface area contributed by atoms with Crippen LogP contribution in [0.2, 0.25) is 5.02 Å². The number of nitrogens with zero attached hydrogens (tertiary/aromatic N) is 2. The summed E-state index contributed by atoms with van der Waals surface area (Å²) in [6, 6.07) is 11.4. The van der Waals surface area contributed by atoms with Crippen LogP contribution in [0.3, 0.4) is 0 Å². The summed E-state index contributed by atoms with van der Waals surface area (Å²) in [6.07, 6.45) is 6.13. The molecule has 8 nitrogen and oxygen atoms in total. The van der Waals surface area contributed by atoms with Gasteiger partial charge in [-0.3, -0.25) is 13.9 Å². The Labute approximate surface area is 225 Å². The molecule has 1 aliphatic carbocycles. The van der Waals surface area contributed by atoms with E-state index in [0.717, 1.165) is 48.2 Å². The molecule has 1 unspecified atom stereocenters. The van der Waals surface area contributed by atoms with Gasteiger partial charge in [-0.25, -0.2) is 8.42 Å². The van der Waals surface area contributed by atoms with Crippen molar-refractivity contribution in [2.75, 3.05) is 24.2 Å². The predicted molar refractivity (Wildman–Crippen MR) is 146 cm³/mol. The number of sulfonamides is 1. The molecule has 1 atom stereocenters. The van der Waals surface area contributed by atoms with Gasteiger partial charge in [0, 0.05) is 17.6 Å². The van der Waals surface area contributed by atoms with Gasteiger partial charge in [-0.05, 0) is 56.0 Å². The van der Waals surface area contributed by atoms with Crippen molar-refractivity contribution in [3.63, 3.8) is 0 Å². The minimum Gasteiger partial charge on any atom is -0.495 e. The van der Waals surface area contributed by atoms with Crippen molar-refractivity contribution in [2.24, 2.45) is 0 Å². The topological polar surface area (TPSA) is 96.0 Å². The van der Waals surface area contributed by atoms with Gasteiger partial charge in [-0.1, -0.05) is 55.1 Å². The molecule has 37 heavy (non-hydrogen) atoms. The van der Waals surface area contributed by atoms with E-state index in [9.17, 15) is 18.0 Å². The molecule has 1 N–H and O–H groups in total. The molecular weight excluding hydrogens is 514 g/mol. The summed E-state index contributed by atoms with van der Waals surface area (Å²) in [5.41, 5.74) is 1.73. The Hall–Kier alpha value is -2.78. The third-order valence-electron chi connectivity index (χ3n) is 6.70. The van der Waals surface area contributed by atoms with Crippen LogP contribution >= 0.6 is 11.6 Å². The Balaban J connectivity index is 1.93. The lowest BCUT2D eigenvalue weighted by atomic mass is 9.95. The molecule has 3 rings (SSSR count). The maximum absolute atomic E-state index is 13.8. The van der Waals surface area contributed by atoms with Crippen molar-refractivity contribution in [3.8, 4) is 5.75 Å². The smallest absolute Gasteiger partial charge is 0.244 e. The van der Waals surface area contributed by atoms with E-state index in [0.29, 0.717) is 16.3 Å². The Morgan fingerprint density at radius 1 is 1.14 bits per heavy atom. The first-order valence-corrected chi connectivity index (χ1v) is 14.7. The molecule has 0 radical (unpaired) electrons. The fourth-order valence-corrected chi connectivity index (χ4v) is 5.59. The molecule has 2 aromatic carbocycles. The van der Waals surface area contributed by atoms with Crippen molar-refractivity contribution in [1.82, 2.24) is 10.2 Å². The average molecular weight is 550 g/mol. The molecule has 2 aromatic rings. The number of anilines is 1. The fraction of sp³-hybridized carbons (Fsp3) is 0.481. The Morgan fingerprint density at radius 2 is 1.81 bits per heavy atom. The molecule has 0 saturated heterocycles. The van der Waals surface area contributed by atoms with Gasteiger partial charge in [-0.15, -0.1) is 0 Å². The first-order chi connectivity index (χ1) is 17.5. The van der Waals surface area contributed by atoms with Gasteiger partial charge < -0.3 is 15.0 Å². The van der Waals surface area contributed by atoms with E-state index >= 15 is 0 Å². The second-order valence-electron chi connectivity index (χ2n) is 9.58. The molecular formula is C27H36ClN3O5S. The number of carbonyl (C=O) groups is 2. The van der Waals surface area contributed by atoms with E-state index in [1.807, 2.05) is 6.92 Å². The van der Waals surface area contributed by atoms with Crippen LogP contribution in [0, 0.1) is 6.92 Å². The van der Waals surface area contributed by atoms with Crippen LogP contribution < -0.4 is 14.4 Å². The number of aryl methyl sites for hydroxylation is 1. The highest BCUT2D eigenvalue weighted by Crippen LogP contribution is 2.31. The van der Waals surface area contributed by atoms with E-state index in [1.54, 1.807) is 49.4 Å².